The third kappa shape index (κ3) is 6.95. The van der Waals surface area contributed by atoms with Crippen LogP contribution in [0.25, 0.3) is 0 Å². The lowest BCUT2D eigenvalue weighted by atomic mass is 10.1. The molecule has 37 heavy (non-hydrogen) atoms. The van der Waals surface area contributed by atoms with Crippen LogP contribution in [0.4, 0.5) is 10.1 Å². The molecule has 9 heteroatoms. The van der Waals surface area contributed by atoms with Gasteiger partial charge in [-0.15, -0.1) is 0 Å². The molecular weight excluding hydrogens is 493 g/mol. The summed E-state index contributed by atoms with van der Waals surface area (Å²) in [6, 6.07) is 19.9. The van der Waals surface area contributed by atoms with Gasteiger partial charge in [0.1, 0.15) is 18.4 Å². The second kappa shape index (κ2) is 12.5. The van der Waals surface area contributed by atoms with Gasteiger partial charge in [0.25, 0.3) is 10.0 Å². The molecule has 7 nitrogen and oxygen atoms in total. The normalized spacial score (nSPS) is 12.0. The van der Waals surface area contributed by atoms with Crippen molar-refractivity contribution >= 4 is 27.5 Å². The molecule has 0 aliphatic rings. The zero-order valence-corrected chi connectivity index (χ0v) is 22.0. The highest BCUT2D eigenvalue weighted by Gasteiger charge is 2.33. The van der Waals surface area contributed by atoms with Gasteiger partial charge in [0.15, 0.2) is 0 Å². The zero-order valence-electron chi connectivity index (χ0n) is 21.2. The van der Waals surface area contributed by atoms with E-state index >= 15 is 0 Å². The Morgan fingerprint density at radius 3 is 2.14 bits per heavy atom. The predicted octanol–water partition coefficient (Wildman–Crippen LogP) is 3.93. The van der Waals surface area contributed by atoms with Crippen molar-refractivity contribution in [2.45, 2.75) is 37.6 Å². The fourth-order valence-electron chi connectivity index (χ4n) is 4.04. The van der Waals surface area contributed by atoms with Crippen molar-refractivity contribution in [2.75, 3.05) is 24.4 Å². The second-order valence-electron chi connectivity index (χ2n) is 8.66. The van der Waals surface area contributed by atoms with Gasteiger partial charge in [0, 0.05) is 13.6 Å². The Morgan fingerprint density at radius 2 is 1.57 bits per heavy atom. The molecule has 2 amide bonds. The number of nitrogens with one attached hydrogen (secondary N) is 1. The molecule has 0 unspecified atom stereocenters. The second-order valence-corrected chi connectivity index (χ2v) is 10.5. The number of likely N-dealkylation sites (N-methyl/N-ethyl adjacent to an activating group) is 1. The maximum absolute atomic E-state index is 13.7. The highest BCUT2D eigenvalue weighted by Crippen LogP contribution is 2.25. The SMILES string of the molecule is CC[C@H](C(=O)NC)N(CCc1ccccc1)C(=O)CN(c1ccc(F)cc1)S(=O)(=O)c1ccc(C)cc1. The molecule has 3 aromatic carbocycles. The fourth-order valence-corrected chi connectivity index (χ4v) is 5.45. The molecule has 0 heterocycles. The lowest BCUT2D eigenvalue weighted by Crippen LogP contribution is -2.52. The zero-order chi connectivity index (χ0) is 27.0. The predicted molar refractivity (Wildman–Crippen MR) is 142 cm³/mol. The van der Waals surface area contributed by atoms with E-state index in [2.05, 4.69) is 5.32 Å². The van der Waals surface area contributed by atoms with Crippen LogP contribution in [0.1, 0.15) is 24.5 Å². The Balaban J connectivity index is 1.99. The third-order valence-electron chi connectivity index (χ3n) is 6.12. The van der Waals surface area contributed by atoms with E-state index in [0.29, 0.717) is 12.8 Å². The van der Waals surface area contributed by atoms with Crippen LogP contribution in [0, 0.1) is 12.7 Å². The number of carbonyl (C=O) groups excluding carboxylic acids is 2. The first-order chi connectivity index (χ1) is 17.7. The van der Waals surface area contributed by atoms with Crippen LogP contribution < -0.4 is 9.62 Å². The minimum Gasteiger partial charge on any atom is -0.357 e. The molecule has 0 saturated heterocycles. The van der Waals surface area contributed by atoms with E-state index in [4.69, 9.17) is 0 Å². The molecule has 1 atom stereocenters. The standard InChI is InChI=1S/C28H32FN3O4S/c1-4-26(28(34)30-3)31(19-18-22-8-6-5-7-9-22)27(33)20-32(24-14-12-23(29)13-15-24)37(35,36)25-16-10-21(2)11-17-25/h5-17,26H,4,18-20H2,1-3H3,(H,30,34)/t26-/m1/s1. The molecular formula is C28H32FN3O4S. The van der Waals surface area contributed by atoms with Gasteiger partial charge in [-0.05, 0) is 61.7 Å². The van der Waals surface area contributed by atoms with Crippen molar-refractivity contribution in [3.8, 4) is 0 Å². The van der Waals surface area contributed by atoms with Gasteiger partial charge in [0.2, 0.25) is 11.8 Å². The highest BCUT2D eigenvalue weighted by molar-refractivity contribution is 7.92. The number of anilines is 1. The van der Waals surface area contributed by atoms with Gasteiger partial charge in [-0.25, -0.2) is 12.8 Å². The van der Waals surface area contributed by atoms with E-state index in [1.54, 1.807) is 19.1 Å². The molecule has 0 aliphatic heterocycles. The molecule has 0 aliphatic carbocycles. The number of rotatable bonds is 11. The smallest absolute Gasteiger partial charge is 0.264 e. The summed E-state index contributed by atoms with van der Waals surface area (Å²) in [7, 11) is -2.68. The summed E-state index contributed by atoms with van der Waals surface area (Å²) < 4.78 is 42.0. The van der Waals surface area contributed by atoms with Crippen LogP contribution in [-0.4, -0.2) is 51.3 Å². The number of carbonyl (C=O) groups is 2. The number of halogens is 1. The topological polar surface area (TPSA) is 86.8 Å². The number of sulfonamides is 1. The molecule has 196 valence electrons. The maximum Gasteiger partial charge on any atom is 0.264 e. The Kier molecular flexibility index (Phi) is 9.41. The maximum atomic E-state index is 13.7. The number of benzene rings is 3. The van der Waals surface area contributed by atoms with Crippen molar-refractivity contribution < 1.29 is 22.4 Å². The molecule has 3 aromatic rings. The number of hydrogen-bond donors (Lipinski definition) is 1. The largest absolute Gasteiger partial charge is 0.357 e. The van der Waals surface area contributed by atoms with E-state index in [1.807, 2.05) is 37.3 Å². The first-order valence-corrected chi connectivity index (χ1v) is 13.5. The monoisotopic (exact) mass is 525 g/mol. The van der Waals surface area contributed by atoms with E-state index in [-0.39, 0.29) is 23.0 Å². The van der Waals surface area contributed by atoms with Gasteiger partial charge in [-0.3, -0.25) is 13.9 Å². The first-order valence-electron chi connectivity index (χ1n) is 12.1. The van der Waals surface area contributed by atoms with Gasteiger partial charge in [0.05, 0.1) is 10.6 Å². The quantitative estimate of drug-likeness (QED) is 0.411. The van der Waals surface area contributed by atoms with E-state index in [0.717, 1.165) is 27.6 Å². The van der Waals surface area contributed by atoms with E-state index in [1.165, 1.54) is 36.2 Å². The Hall–Kier alpha value is -3.72. The van der Waals surface area contributed by atoms with Crippen molar-refractivity contribution in [2.24, 2.45) is 0 Å². The van der Waals surface area contributed by atoms with E-state index < -0.39 is 34.3 Å². The Morgan fingerprint density at radius 1 is 0.946 bits per heavy atom. The average molecular weight is 526 g/mol. The lowest BCUT2D eigenvalue weighted by molar-refractivity contribution is -0.139. The summed E-state index contributed by atoms with van der Waals surface area (Å²) in [4.78, 5) is 27.8. The molecule has 0 fully saturated rings. The van der Waals surface area contributed by atoms with Crippen LogP contribution in [0.3, 0.4) is 0 Å². The van der Waals surface area contributed by atoms with Gasteiger partial charge < -0.3 is 10.2 Å². The van der Waals surface area contributed by atoms with Crippen LogP contribution >= 0.6 is 0 Å². The van der Waals surface area contributed by atoms with Crippen LogP contribution in [0.5, 0.6) is 0 Å². The highest BCUT2D eigenvalue weighted by atomic mass is 32.2. The molecule has 1 N–H and O–H groups in total. The van der Waals surface area contributed by atoms with Gasteiger partial charge >= 0.3 is 0 Å². The summed E-state index contributed by atoms with van der Waals surface area (Å²) in [6.45, 7) is 3.30. The summed E-state index contributed by atoms with van der Waals surface area (Å²) in [5.74, 6) is -1.40. The summed E-state index contributed by atoms with van der Waals surface area (Å²) in [6.07, 6.45) is 0.836. The van der Waals surface area contributed by atoms with Crippen molar-refractivity contribution in [1.29, 1.82) is 0 Å². The molecule has 0 saturated carbocycles. The first kappa shape index (κ1) is 27.9. The van der Waals surface area contributed by atoms with Crippen molar-refractivity contribution in [3.05, 3.63) is 95.8 Å². The number of amides is 2. The summed E-state index contributed by atoms with van der Waals surface area (Å²) in [5.41, 5.74) is 2.01. The van der Waals surface area contributed by atoms with Crippen molar-refractivity contribution in [1.82, 2.24) is 10.2 Å². The fraction of sp³-hybridized carbons (Fsp3) is 0.286. The summed E-state index contributed by atoms with van der Waals surface area (Å²) in [5, 5.41) is 2.60. The molecule has 0 spiro atoms. The van der Waals surface area contributed by atoms with E-state index in [9.17, 15) is 22.4 Å². The van der Waals surface area contributed by atoms with Crippen molar-refractivity contribution in [3.63, 3.8) is 0 Å². The number of hydrogen-bond acceptors (Lipinski definition) is 4. The third-order valence-corrected chi connectivity index (χ3v) is 7.91. The molecule has 0 radical (unpaired) electrons. The molecule has 3 rings (SSSR count). The average Bonchev–Trinajstić information content (AvgIpc) is 2.90. The Bertz CT molecular complexity index is 1300. The van der Waals surface area contributed by atoms with Crippen LogP contribution in [-0.2, 0) is 26.0 Å². The van der Waals surface area contributed by atoms with Gasteiger partial charge in [-0.2, -0.15) is 0 Å². The van der Waals surface area contributed by atoms with Gasteiger partial charge in [-0.1, -0.05) is 55.0 Å². The number of aryl methyl sites for hydroxylation is 1. The molecule has 0 aromatic heterocycles. The Labute approximate surface area is 218 Å². The lowest BCUT2D eigenvalue weighted by Gasteiger charge is -2.33. The van der Waals surface area contributed by atoms with Crippen LogP contribution in [0.15, 0.2) is 83.8 Å². The summed E-state index contributed by atoms with van der Waals surface area (Å²) >= 11 is 0. The number of nitrogens with zero attached hydrogens (tertiary/aromatic N) is 2. The minimum atomic E-state index is -4.17. The van der Waals surface area contributed by atoms with Crippen LogP contribution in [0.2, 0.25) is 0 Å². The minimum absolute atomic E-state index is 0.00408. The molecule has 0 bridgehead atoms.